The van der Waals surface area contributed by atoms with Crippen LogP contribution in [0.3, 0.4) is 0 Å². The highest BCUT2D eigenvalue weighted by Crippen LogP contribution is 2.16. The fourth-order valence-electron chi connectivity index (χ4n) is 1.21. The molecule has 5 N–H and O–H groups in total. The molecule has 0 bridgehead atoms. The van der Waals surface area contributed by atoms with Crippen LogP contribution in [0.25, 0.3) is 0 Å². The summed E-state index contributed by atoms with van der Waals surface area (Å²) in [5, 5.41) is 2.56. The zero-order chi connectivity index (χ0) is 14.5. The van der Waals surface area contributed by atoms with Crippen LogP contribution in [0, 0.1) is 0 Å². The fraction of sp³-hybridized carbons (Fsp3) is 0.200. The van der Waals surface area contributed by atoms with Crippen molar-refractivity contribution in [3.8, 4) is 0 Å². The van der Waals surface area contributed by atoms with Gasteiger partial charge in [0.1, 0.15) is 0 Å². The molecule has 0 aliphatic heterocycles. The van der Waals surface area contributed by atoms with E-state index in [9.17, 15) is 13.2 Å². The minimum absolute atomic E-state index is 0.0729. The van der Waals surface area contributed by atoms with Gasteiger partial charge in [0.15, 0.2) is 0 Å². The topological polar surface area (TPSA) is 128 Å². The number of amides is 1. The predicted molar refractivity (Wildman–Crippen MR) is 73.4 cm³/mol. The highest BCUT2D eigenvalue weighted by Gasteiger charge is 2.13. The number of benzene rings is 1. The van der Waals surface area contributed by atoms with Crippen molar-refractivity contribution in [2.75, 3.05) is 11.2 Å². The van der Waals surface area contributed by atoms with Crippen molar-refractivity contribution in [3.05, 3.63) is 24.3 Å². The zero-order valence-electron chi connectivity index (χ0n) is 9.84. The molecule has 1 amide bonds. The number of nitrogens with one attached hydrogen (secondary N) is 1. The molecule has 104 valence electrons. The van der Waals surface area contributed by atoms with Crippen molar-refractivity contribution in [2.24, 2.45) is 15.9 Å². The summed E-state index contributed by atoms with van der Waals surface area (Å²) in [6.45, 7) is 0. The number of rotatable bonds is 5. The van der Waals surface area contributed by atoms with E-state index in [0.29, 0.717) is 5.69 Å². The lowest BCUT2D eigenvalue weighted by Crippen LogP contribution is -2.24. The van der Waals surface area contributed by atoms with Gasteiger partial charge in [-0.15, -0.1) is 16.0 Å². The third kappa shape index (κ3) is 4.76. The van der Waals surface area contributed by atoms with Gasteiger partial charge >= 0.3 is 0 Å². The van der Waals surface area contributed by atoms with Crippen molar-refractivity contribution in [1.82, 2.24) is 0 Å². The highest BCUT2D eigenvalue weighted by molar-refractivity contribution is 7.90. The predicted octanol–water partition coefficient (Wildman–Crippen LogP) is 0.216. The minimum atomic E-state index is -3.91. The molecular weight excluding hydrogens is 292 g/mol. The summed E-state index contributed by atoms with van der Waals surface area (Å²) in [5.41, 5.74) is 10.5. The van der Waals surface area contributed by atoms with Gasteiger partial charge in [0.05, 0.1) is 4.90 Å². The lowest BCUT2D eigenvalue weighted by atomic mass is 10.3. The van der Waals surface area contributed by atoms with Gasteiger partial charge < -0.3 is 16.8 Å². The van der Waals surface area contributed by atoms with E-state index in [-0.39, 0.29) is 23.1 Å². The van der Waals surface area contributed by atoms with Gasteiger partial charge in [-0.25, -0.2) is 0 Å². The van der Waals surface area contributed by atoms with Crippen molar-refractivity contribution >= 4 is 39.2 Å². The number of carbonyl (C=O) groups excluding carboxylic acids is 1. The summed E-state index contributed by atoms with van der Waals surface area (Å²) in [6.07, 6.45) is 0.176. The molecule has 19 heavy (non-hydrogen) atoms. The average Bonchev–Trinajstić information content (AvgIpc) is 2.28. The zero-order valence-corrected chi connectivity index (χ0v) is 11.4. The van der Waals surface area contributed by atoms with Crippen molar-refractivity contribution in [2.45, 2.75) is 11.3 Å². The van der Waals surface area contributed by atoms with Crippen LogP contribution < -0.4 is 16.8 Å². The maximum atomic E-state index is 11.6. The summed E-state index contributed by atoms with van der Waals surface area (Å²) >= 11 is 5.42. The molecule has 0 saturated carbocycles. The van der Waals surface area contributed by atoms with Crippen LogP contribution in [0.1, 0.15) is 6.42 Å². The van der Waals surface area contributed by atoms with Gasteiger partial charge in [0.2, 0.25) is 11.9 Å². The second kappa shape index (κ2) is 6.39. The lowest BCUT2D eigenvalue weighted by molar-refractivity contribution is -0.115. The van der Waals surface area contributed by atoms with Crippen molar-refractivity contribution < 1.29 is 13.2 Å². The number of nitrogens with two attached hydrogens (primary N) is 2. The second-order valence-corrected chi connectivity index (χ2v) is 5.48. The van der Waals surface area contributed by atoms with E-state index in [1.165, 1.54) is 24.3 Å². The van der Waals surface area contributed by atoms with E-state index in [0.717, 1.165) is 0 Å². The Kier molecular flexibility index (Phi) is 5.13. The molecule has 0 saturated heterocycles. The lowest BCUT2D eigenvalue weighted by Gasteiger charge is -2.05. The Morgan fingerprint density at radius 2 is 1.84 bits per heavy atom. The summed E-state index contributed by atoms with van der Waals surface area (Å²) in [6, 6.07) is 5.44. The van der Waals surface area contributed by atoms with Crippen LogP contribution >= 0.6 is 11.6 Å². The molecule has 0 spiro atoms. The van der Waals surface area contributed by atoms with Crippen LogP contribution in [0.5, 0.6) is 0 Å². The molecule has 0 unspecified atom stereocenters. The minimum Gasteiger partial charge on any atom is -0.369 e. The Bertz CT molecular complexity index is 579. The third-order valence-corrected chi connectivity index (χ3v) is 3.49. The Labute approximate surface area is 115 Å². The van der Waals surface area contributed by atoms with E-state index < -0.39 is 16.0 Å². The maximum absolute atomic E-state index is 11.6. The monoisotopic (exact) mass is 304 g/mol. The number of hydrogen-bond donors (Lipinski definition) is 3. The number of carbonyl (C=O) groups is 1. The average molecular weight is 305 g/mol. The third-order valence-electron chi connectivity index (χ3n) is 1.98. The van der Waals surface area contributed by atoms with Gasteiger partial charge in [0.25, 0.3) is 10.0 Å². The summed E-state index contributed by atoms with van der Waals surface area (Å²) in [5.74, 6) is -0.586. The largest absolute Gasteiger partial charge is 0.369 e. The molecule has 0 aromatic heterocycles. The van der Waals surface area contributed by atoms with Gasteiger partial charge in [-0.3, -0.25) is 4.79 Å². The summed E-state index contributed by atoms with van der Waals surface area (Å²) < 4.78 is 26.4. The molecule has 0 atom stereocenters. The molecule has 0 fully saturated rings. The summed E-state index contributed by atoms with van der Waals surface area (Å²) in [7, 11) is -3.91. The second-order valence-electron chi connectivity index (χ2n) is 3.50. The number of hydrogen-bond acceptors (Lipinski definition) is 3. The fourth-order valence-corrected chi connectivity index (χ4v) is 2.25. The molecule has 7 nitrogen and oxygen atoms in total. The molecule has 0 radical (unpaired) electrons. The molecule has 9 heteroatoms. The number of anilines is 1. The molecular formula is C10H13ClN4O3S. The highest BCUT2D eigenvalue weighted by atomic mass is 35.5. The van der Waals surface area contributed by atoms with Gasteiger partial charge in [-0.05, 0) is 24.3 Å². The quantitative estimate of drug-likeness (QED) is 0.407. The first-order valence-electron chi connectivity index (χ1n) is 5.17. The number of guanidine groups is 1. The van der Waals surface area contributed by atoms with Gasteiger partial charge in [0, 0.05) is 18.0 Å². The van der Waals surface area contributed by atoms with Crippen molar-refractivity contribution in [1.29, 1.82) is 0 Å². The number of alkyl halides is 1. The number of nitrogens with zero attached hydrogens (tertiary/aromatic N) is 1. The maximum Gasteiger partial charge on any atom is 0.285 e. The van der Waals surface area contributed by atoms with Crippen LogP contribution in [-0.4, -0.2) is 26.2 Å². The first kappa shape index (κ1) is 15.3. The van der Waals surface area contributed by atoms with E-state index in [4.69, 9.17) is 23.1 Å². The molecule has 0 aliphatic rings. The molecule has 0 aliphatic carbocycles. The normalized spacial score (nSPS) is 10.8. The first-order chi connectivity index (χ1) is 8.85. The SMILES string of the molecule is NC(N)=NS(=O)(=O)c1ccc(NC(=O)CCCl)cc1. The first-order valence-corrected chi connectivity index (χ1v) is 7.14. The Hall–Kier alpha value is -1.80. The Morgan fingerprint density at radius 3 is 2.32 bits per heavy atom. The van der Waals surface area contributed by atoms with Crippen molar-refractivity contribution in [3.63, 3.8) is 0 Å². The van der Waals surface area contributed by atoms with E-state index in [1.807, 2.05) is 0 Å². The number of halogens is 1. The van der Waals surface area contributed by atoms with Crippen LogP contribution in [0.4, 0.5) is 5.69 Å². The van der Waals surface area contributed by atoms with Crippen LogP contribution in [0.15, 0.2) is 33.6 Å². The van der Waals surface area contributed by atoms with Crippen LogP contribution in [0.2, 0.25) is 0 Å². The smallest absolute Gasteiger partial charge is 0.285 e. The number of sulfonamides is 1. The standard InChI is InChI=1S/C10H13ClN4O3S/c11-6-5-9(16)14-7-1-3-8(4-2-7)19(17,18)15-10(12)13/h1-4H,5-6H2,(H,14,16)(H4,12,13,15). The summed E-state index contributed by atoms with van der Waals surface area (Å²) in [4.78, 5) is 11.2. The Balaban J connectivity index is 2.88. The van der Waals surface area contributed by atoms with Gasteiger partial charge in [-0.2, -0.15) is 8.42 Å². The van der Waals surface area contributed by atoms with E-state index in [2.05, 4.69) is 9.71 Å². The molecule has 0 heterocycles. The Morgan fingerprint density at radius 1 is 1.26 bits per heavy atom. The molecule has 1 rings (SSSR count). The van der Waals surface area contributed by atoms with Gasteiger partial charge in [-0.1, -0.05) is 0 Å². The molecule has 1 aromatic rings. The van der Waals surface area contributed by atoms with E-state index >= 15 is 0 Å². The van der Waals surface area contributed by atoms with Crippen LogP contribution in [-0.2, 0) is 14.8 Å². The van der Waals surface area contributed by atoms with E-state index in [1.54, 1.807) is 0 Å². The molecule has 1 aromatic carbocycles.